The van der Waals surface area contributed by atoms with Crippen LogP contribution >= 0.6 is 11.3 Å². The van der Waals surface area contributed by atoms with E-state index in [2.05, 4.69) is 4.72 Å². The first-order valence-electron chi connectivity index (χ1n) is 6.99. The quantitative estimate of drug-likeness (QED) is 0.878. The van der Waals surface area contributed by atoms with Crippen LogP contribution in [0.15, 0.2) is 35.2 Å². The zero-order valence-corrected chi connectivity index (χ0v) is 14.8. The lowest BCUT2D eigenvalue weighted by atomic mass is 10.1. The summed E-state index contributed by atoms with van der Waals surface area (Å²) < 4.78 is 32.8. The van der Waals surface area contributed by atoms with Gasteiger partial charge in [0.1, 0.15) is 6.10 Å². The largest absolute Gasteiger partial charge is 0.375 e. The number of benzene rings is 1. The summed E-state index contributed by atoms with van der Waals surface area (Å²) in [6, 6.07) is 9.11. The number of thiophene rings is 1. The van der Waals surface area contributed by atoms with Crippen molar-refractivity contribution >= 4 is 21.4 Å². The third kappa shape index (κ3) is 3.95. The molecule has 1 aromatic carbocycles. The SMILES string of the molecule is COC(CNS(=O)(=O)c1ccc(C)c(C)c1)c1ccc(C)s1. The van der Waals surface area contributed by atoms with Crippen LogP contribution < -0.4 is 4.72 Å². The molecule has 1 atom stereocenters. The average Bonchev–Trinajstić information content (AvgIpc) is 2.89. The lowest BCUT2D eigenvalue weighted by molar-refractivity contribution is 0.110. The van der Waals surface area contributed by atoms with Crippen LogP contribution in [0, 0.1) is 20.8 Å². The second-order valence-electron chi connectivity index (χ2n) is 5.27. The third-order valence-corrected chi connectivity index (χ3v) is 6.12. The van der Waals surface area contributed by atoms with E-state index in [1.807, 2.05) is 39.0 Å². The van der Waals surface area contributed by atoms with Crippen molar-refractivity contribution in [2.24, 2.45) is 0 Å². The Labute approximate surface area is 136 Å². The average molecular weight is 339 g/mol. The molecule has 120 valence electrons. The number of aryl methyl sites for hydroxylation is 3. The van der Waals surface area contributed by atoms with Gasteiger partial charge >= 0.3 is 0 Å². The Morgan fingerprint density at radius 1 is 1.14 bits per heavy atom. The molecule has 0 fully saturated rings. The lowest BCUT2D eigenvalue weighted by Gasteiger charge is -2.15. The van der Waals surface area contributed by atoms with Crippen LogP contribution in [-0.4, -0.2) is 22.1 Å². The summed E-state index contributed by atoms with van der Waals surface area (Å²) in [6.45, 7) is 6.09. The summed E-state index contributed by atoms with van der Waals surface area (Å²) in [5.41, 5.74) is 2.03. The molecule has 2 aromatic rings. The van der Waals surface area contributed by atoms with Crippen molar-refractivity contribution < 1.29 is 13.2 Å². The predicted octanol–water partition coefficient (Wildman–Crippen LogP) is 3.34. The third-order valence-electron chi connectivity index (χ3n) is 3.61. The molecule has 0 aliphatic heterocycles. The summed E-state index contributed by atoms with van der Waals surface area (Å²) in [4.78, 5) is 2.48. The standard InChI is InChI=1S/C16H21NO3S2/c1-11-5-7-14(9-12(11)2)22(18,19)17-10-15(20-4)16-8-6-13(3)21-16/h5-9,15,17H,10H2,1-4H3. The summed E-state index contributed by atoms with van der Waals surface area (Å²) >= 11 is 1.61. The molecule has 0 aliphatic carbocycles. The second kappa shape index (κ2) is 6.91. The fourth-order valence-electron chi connectivity index (χ4n) is 2.08. The van der Waals surface area contributed by atoms with Crippen LogP contribution in [0.3, 0.4) is 0 Å². The van der Waals surface area contributed by atoms with Gasteiger partial charge in [0.05, 0.1) is 4.90 Å². The first kappa shape index (κ1) is 17.1. The van der Waals surface area contributed by atoms with Crippen LogP contribution in [0.1, 0.15) is 27.0 Å². The van der Waals surface area contributed by atoms with E-state index in [-0.39, 0.29) is 17.5 Å². The number of methoxy groups -OCH3 is 1. The molecule has 22 heavy (non-hydrogen) atoms. The van der Waals surface area contributed by atoms with Crippen LogP contribution in [-0.2, 0) is 14.8 Å². The number of hydrogen-bond acceptors (Lipinski definition) is 4. The monoisotopic (exact) mass is 339 g/mol. The van der Waals surface area contributed by atoms with Gasteiger partial charge in [0.25, 0.3) is 0 Å². The van der Waals surface area contributed by atoms with E-state index in [4.69, 9.17) is 4.74 Å². The summed E-state index contributed by atoms with van der Waals surface area (Å²) in [5, 5.41) is 0. The van der Waals surface area contributed by atoms with E-state index in [0.29, 0.717) is 0 Å². The number of sulfonamides is 1. The van der Waals surface area contributed by atoms with E-state index < -0.39 is 10.0 Å². The van der Waals surface area contributed by atoms with Crippen molar-refractivity contribution in [1.82, 2.24) is 4.72 Å². The van der Waals surface area contributed by atoms with Gasteiger partial charge in [0.2, 0.25) is 10.0 Å². The Bertz CT molecular complexity index is 751. The Balaban J connectivity index is 2.12. The Morgan fingerprint density at radius 2 is 1.86 bits per heavy atom. The first-order chi connectivity index (χ1) is 10.3. The van der Waals surface area contributed by atoms with Crippen molar-refractivity contribution in [1.29, 1.82) is 0 Å². The maximum atomic E-state index is 12.4. The van der Waals surface area contributed by atoms with Crippen molar-refractivity contribution in [2.45, 2.75) is 31.8 Å². The van der Waals surface area contributed by atoms with Crippen LogP contribution in [0.2, 0.25) is 0 Å². The molecule has 4 nitrogen and oxygen atoms in total. The summed E-state index contributed by atoms with van der Waals surface area (Å²) in [5.74, 6) is 0. The number of rotatable bonds is 6. The van der Waals surface area contributed by atoms with Gasteiger partial charge in [-0.1, -0.05) is 6.07 Å². The molecule has 0 saturated heterocycles. The normalized spacial score (nSPS) is 13.3. The van der Waals surface area contributed by atoms with Crippen molar-refractivity contribution in [3.05, 3.63) is 51.2 Å². The predicted molar refractivity (Wildman–Crippen MR) is 89.9 cm³/mol. The molecule has 1 heterocycles. The highest BCUT2D eigenvalue weighted by molar-refractivity contribution is 7.89. The van der Waals surface area contributed by atoms with Gasteiger partial charge in [-0.3, -0.25) is 0 Å². The number of hydrogen-bond donors (Lipinski definition) is 1. The Morgan fingerprint density at radius 3 is 2.41 bits per heavy atom. The Kier molecular flexibility index (Phi) is 5.39. The highest BCUT2D eigenvalue weighted by Gasteiger charge is 2.19. The fraction of sp³-hybridized carbons (Fsp3) is 0.375. The van der Waals surface area contributed by atoms with E-state index in [1.54, 1.807) is 30.6 Å². The minimum absolute atomic E-state index is 0.214. The minimum atomic E-state index is -3.53. The molecule has 0 spiro atoms. The van der Waals surface area contributed by atoms with E-state index in [1.165, 1.54) is 4.88 Å². The molecule has 6 heteroatoms. The second-order valence-corrected chi connectivity index (χ2v) is 8.36. The summed E-state index contributed by atoms with van der Waals surface area (Å²) in [7, 11) is -1.94. The van der Waals surface area contributed by atoms with E-state index in [0.717, 1.165) is 16.0 Å². The number of nitrogens with one attached hydrogen (secondary N) is 1. The summed E-state index contributed by atoms with van der Waals surface area (Å²) in [6.07, 6.45) is -0.278. The maximum absolute atomic E-state index is 12.4. The Hall–Kier alpha value is -1.21. The van der Waals surface area contributed by atoms with Crippen LogP contribution in [0.5, 0.6) is 0 Å². The van der Waals surface area contributed by atoms with Crippen molar-refractivity contribution in [3.8, 4) is 0 Å². The van der Waals surface area contributed by atoms with Crippen molar-refractivity contribution in [2.75, 3.05) is 13.7 Å². The number of ether oxygens (including phenoxy) is 1. The molecule has 0 bridgehead atoms. The molecule has 2 rings (SSSR count). The van der Waals surface area contributed by atoms with E-state index in [9.17, 15) is 8.42 Å². The van der Waals surface area contributed by atoms with Crippen LogP contribution in [0.25, 0.3) is 0 Å². The molecule has 1 aromatic heterocycles. The van der Waals surface area contributed by atoms with Gasteiger partial charge in [-0.25, -0.2) is 13.1 Å². The van der Waals surface area contributed by atoms with Gasteiger partial charge < -0.3 is 4.74 Å². The minimum Gasteiger partial charge on any atom is -0.375 e. The highest BCUT2D eigenvalue weighted by atomic mass is 32.2. The molecule has 1 N–H and O–H groups in total. The zero-order chi connectivity index (χ0) is 16.3. The van der Waals surface area contributed by atoms with Gasteiger partial charge in [-0.05, 0) is 56.2 Å². The van der Waals surface area contributed by atoms with Gasteiger partial charge in [-0.2, -0.15) is 0 Å². The smallest absolute Gasteiger partial charge is 0.240 e. The van der Waals surface area contributed by atoms with Crippen LogP contribution in [0.4, 0.5) is 0 Å². The molecule has 1 unspecified atom stereocenters. The zero-order valence-electron chi connectivity index (χ0n) is 13.2. The molecule has 0 amide bonds. The molecule has 0 aliphatic rings. The first-order valence-corrected chi connectivity index (χ1v) is 9.29. The fourth-order valence-corrected chi connectivity index (χ4v) is 4.15. The molecular formula is C16H21NO3S2. The highest BCUT2D eigenvalue weighted by Crippen LogP contribution is 2.25. The molecule has 0 saturated carbocycles. The molecule has 0 radical (unpaired) electrons. The topological polar surface area (TPSA) is 55.4 Å². The van der Waals surface area contributed by atoms with Gasteiger partial charge in [0.15, 0.2) is 0 Å². The lowest BCUT2D eigenvalue weighted by Crippen LogP contribution is -2.29. The molecular weight excluding hydrogens is 318 g/mol. The van der Waals surface area contributed by atoms with Gasteiger partial charge in [0, 0.05) is 23.4 Å². The van der Waals surface area contributed by atoms with Crippen molar-refractivity contribution in [3.63, 3.8) is 0 Å². The van der Waals surface area contributed by atoms with E-state index >= 15 is 0 Å². The maximum Gasteiger partial charge on any atom is 0.240 e. The van der Waals surface area contributed by atoms with Gasteiger partial charge in [-0.15, -0.1) is 11.3 Å².